The molecule has 5 heteroatoms. The molecule has 18 heavy (non-hydrogen) atoms. The molecule has 0 unspecified atom stereocenters. The first-order valence-corrected chi connectivity index (χ1v) is 5.25. The fourth-order valence-corrected chi connectivity index (χ4v) is 1.31. The van der Waals surface area contributed by atoms with E-state index < -0.39 is 4.92 Å². The maximum Gasteiger partial charge on any atom is 0.269 e. The molecule has 0 radical (unpaired) electrons. The molecule has 0 saturated carbocycles. The Morgan fingerprint density at radius 1 is 1.06 bits per heavy atom. The first-order chi connectivity index (χ1) is 8.75. The molecule has 0 fully saturated rings. The first kappa shape index (κ1) is 11.8. The van der Waals surface area contributed by atoms with Gasteiger partial charge in [-0.25, -0.2) is 0 Å². The summed E-state index contributed by atoms with van der Waals surface area (Å²) in [5, 5.41) is 14.3. The molecule has 0 aromatic heterocycles. The van der Waals surface area contributed by atoms with Gasteiger partial charge in [0.1, 0.15) is 0 Å². The predicted molar refractivity (Wildman–Crippen MR) is 67.8 cm³/mol. The molecule has 2 rings (SSSR count). The van der Waals surface area contributed by atoms with Gasteiger partial charge < -0.3 is 4.84 Å². The molecule has 0 spiro atoms. The van der Waals surface area contributed by atoms with Crippen molar-refractivity contribution in [2.24, 2.45) is 5.16 Å². The Kier molecular flexibility index (Phi) is 3.66. The quantitative estimate of drug-likeness (QED) is 0.470. The van der Waals surface area contributed by atoms with Crippen molar-refractivity contribution in [2.75, 3.05) is 0 Å². The second-order valence-corrected chi connectivity index (χ2v) is 3.49. The van der Waals surface area contributed by atoms with Crippen LogP contribution in [-0.2, 0) is 0 Å². The molecule has 0 heterocycles. The minimum absolute atomic E-state index is 0.0520. The highest BCUT2D eigenvalue weighted by Gasteiger charge is 2.02. The van der Waals surface area contributed by atoms with Crippen LogP contribution in [0.1, 0.15) is 5.56 Å². The minimum atomic E-state index is -0.443. The molecule has 0 saturated heterocycles. The third kappa shape index (κ3) is 3.15. The number of benzene rings is 2. The number of rotatable bonds is 4. The van der Waals surface area contributed by atoms with Crippen molar-refractivity contribution < 1.29 is 9.76 Å². The van der Waals surface area contributed by atoms with E-state index in [1.165, 1.54) is 18.3 Å². The minimum Gasteiger partial charge on any atom is -0.357 e. The highest BCUT2D eigenvalue weighted by atomic mass is 16.6. The molecule has 0 atom stereocenters. The lowest BCUT2D eigenvalue weighted by Crippen LogP contribution is -1.89. The standard InChI is InChI=1S/C13H10N2O3/c16-15(17)12-8-6-11(7-9-12)10-14-18-13-4-2-1-3-5-13/h1-10H/b14-10+. The number of nitro groups is 1. The van der Waals surface area contributed by atoms with E-state index in [2.05, 4.69) is 5.16 Å². The second-order valence-electron chi connectivity index (χ2n) is 3.49. The molecule has 0 aliphatic carbocycles. The number of oxime groups is 1. The zero-order chi connectivity index (χ0) is 12.8. The summed E-state index contributed by atoms with van der Waals surface area (Å²) in [5.74, 6) is 0.635. The fourth-order valence-electron chi connectivity index (χ4n) is 1.31. The van der Waals surface area contributed by atoms with E-state index in [4.69, 9.17) is 4.84 Å². The summed E-state index contributed by atoms with van der Waals surface area (Å²) in [4.78, 5) is 15.1. The summed E-state index contributed by atoms with van der Waals surface area (Å²) in [6.45, 7) is 0. The highest BCUT2D eigenvalue weighted by Crippen LogP contribution is 2.11. The smallest absolute Gasteiger partial charge is 0.269 e. The zero-order valence-corrected chi connectivity index (χ0v) is 9.39. The monoisotopic (exact) mass is 242 g/mol. The Hall–Kier alpha value is -2.69. The molecule has 0 bridgehead atoms. The van der Waals surface area contributed by atoms with Gasteiger partial charge >= 0.3 is 0 Å². The number of hydrogen-bond donors (Lipinski definition) is 0. The van der Waals surface area contributed by atoms with Crippen LogP contribution in [-0.4, -0.2) is 11.1 Å². The summed E-state index contributed by atoms with van der Waals surface area (Å²) in [6.07, 6.45) is 1.50. The van der Waals surface area contributed by atoms with Gasteiger partial charge in [0.15, 0.2) is 5.75 Å². The van der Waals surface area contributed by atoms with Gasteiger partial charge in [-0.05, 0) is 29.8 Å². The van der Waals surface area contributed by atoms with Gasteiger partial charge in [-0.2, -0.15) is 0 Å². The van der Waals surface area contributed by atoms with Crippen LogP contribution in [0, 0.1) is 10.1 Å². The van der Waals surface area contributed by atoms with Crippen molar-refractivity contribution in [2.45, 2.75) is 0 Å². The maximum atomic E-state index is 10.5. The van der Waals surface area contributed by atoms with Crippen molar-refractivity contribution >= 4 is 11.9 Å². The van der Waals surface area contributed by atoms with Gasteiger partial charge in [0.2, 0.25) is 0 Å². The van der Waals surface area contributed by atoms with E-state index in [1.54, 1.807) is 24.3 Å². The molecular weight excluding hydrogens is 232 g/mol. The average molecular weight is 242 g/mol. The lowest BCUT2D eigenvalue weighted by Gasteiger charge is -1.96. The average Bonchev–Trinajstić information content (AvgIpc) is 2.40. The number of non-ortho nitro benzene ring substituents is 1. The van der Waals surface area contributed by atoms with Crippen LogP contribution in [0.3, 0.4) is 0 Å². The first-order valence-electron chi connectivity index (χ1n) is 5.25. The molecular formula is C13H10N2O3. The van der Waals surface area contributed by atoms with Gasteiger partial charge in [0, 0.05) is 12.1 Å². The summed E-state index contributed by atoms with van der Waals surface area (Å²) in [5.41, 5.74) is 0.785. The van der Waals surface area contributed by atoms with Crippen LogP contribution >= 0.6 is 0 Å². The van der Waals surface area contributed by atoms with E-state index in [9.17, 15) is 10.1 Å². The largest absolute Gasteiger partial charge is 0.357 e. The van der Waals surface area contributed by atoms with Crippen LogP contribution in [0.15, 0.2) is 59.8 Å². The molecule has 0 N–H and O–H groups in total. The van der Waals surface area contributed by atoms with E-state index in [-0.39, 0.29) is 5.69 Å². The second kappa shape index (κ2) is 5.58. The van der Waals surface area contributed by atoms with Crippen LogP contribution in [0.2, 0.25) is 0 Å². The van der Waals surface area contributed by atoms with Crippen LogP contribution in [0.5, 0.6) is 5.75 Å². The van der Waals surface area contributed by atoms with Crippen molar-refractivity contribution in [1.82, 2.24) is 0 Å². The van der Waals surface area contributed by atoms with Gasteiger partial charge in [-0.1, -0.05) is 23.4 Å². The Labute approximate surface area is 103 Å². The van der Waals surface area contributed by atoms with Crippen molar-refractivity contribution in [1.29, 1.82) is 0 Å². The maximum absolute atomic E-state index is 10.5. The van der Waals surface area contributed by atoms with Gasteiger partial charge in [0.05, 0.1) is 11.1 Å². The number of hydrogen-bond acceptors (Lipinski definition) is 4. The summed E-state index contributed by atoms with van der Waals surface area (Å²) < 4.78 is 0. The molecule has 0 aliphatic heterocycles. The Morgan fingerprint density at radius 3 is 2.33 bits per heavy atom. The predicted octanol–water partition coefficient (Wildman–Crippen LogP) is 3.01. The molecule has 0 aliphatic rings. The van der Waals surface area contributed by atoms with Gasteiger partial charge in [-0.3, -0.25) is 10.1 Å². The summed E-state index contributed by atoms with van der Waals surface area (Å²) in [7, 11) is 0. The topological polar surface area (TPSA) is 64.7 Å². The van der Waals surface area contributed by atoms with Crippen molar-refractivity contribution in [3.63, 3.8) is 0 Å². The van der Waals surface area contributed by atoms with Crippen LogP contribution < -0.4 is 4.84 Å². The van der Waals surface area contributed by atoms with E-state index in [1.807, 2.05) is 18.2 Å². The number of nitrogens with zero attached hydrogens (tertiary/aromatic N) is 2. The van der Waals surface area contributed by atoms with E-state index in [0.29, 0.717) is 5.75 Å². The Morgan fingerprint density at radius 2 is 1.72 bits per heavy atom. The number of nitro benzene ring substituents is 1. The normalized spacial score (nSPS) is 10.4. The molecule has 0 amide bonds. The van der Waals surface area contributed by atoms with E-state index in [0.717, 1.165) is 5.56 Å². The summed E-state index contributed by atoms with van der Waals surface area (Å²) in [6, 6.07) is 15.2. The highest BCUT2D eigenvalue weighted by molar-refractivity contribution is 5.79. The van der Waals surface area contributed by atoms with E-state index >= 15 is 0 Å². The Bertz CT molecular complexity index is 550. The van der Waals surface area contributed by atoms with Crippen LogP contribution in [0.25, 0.3) is 0 Å². The van der Waals surface area contributed by atoms with Crippen molar-refractivity contribution in [3.05, 3.63) is 70.3 Å². The molecule has 2 aromatic carbocycles. The van der Waals surface area contributed by atoms with Gasteiger partial charge in [0.25, 0.3) is 5.69 Å². The fraction of sp³-hybridized carbons (Fsp3) is 0. The van der Waals surface area contributed by atoms with Crippen molar-refractivity contribution in [3.8, 4) is 5.75 Å². The lowest BCUT2D eigenvalue weighted by molar-refractivity contribution is -0.384. The zero-order valence-electron chi connectivity index (χ0n) is 9.39. The third-order valence-corrected chi connectivity index (χ3v) is 2.21. The third-order valence-electron chi connectivity index (χ3n) is 2.21. The van der Waals surface area contributed by atoms with Gasteiger partial charge in [-0.15, -0.1) is 0 Å². The molecule has 2 aromatic rings. The molecule has 90 valence electrons. The SMILES string of the molecule is O=[N+]([O-])c1ccc(/C=N/Oc2ccccc2)cc1. The lowest BCUT2D eigenvalue weighted by atomic mass is 10.2. The number of para-hydroxylation sites is 1. The van der Waals surface area contributed by atoms with Crippen LogP contribution in [0.4, 0.5) is 5.69 Å². The summed E-state index contributed by atoms with van der Waals surface area (Å²) >= 11 is 0. The Balaban J connectivity index is 1.99. The molecule has 5 nitrogen and oxygen atoms in total.